The Balaban J connectivity index is 2.39. The number of nitrogens with one attached hydrogen (secondary N) is 3. The summed E-state index contributed by atoms with van der Waals surface area (Å²) in [6.45, 7) is 0.922. The maximum absolute atomic E-state index is 10.8. The van der Waals surface area contributed by atoms with Crippen LogP contribution in [0.3, 0.4) is 0 Å². The molecule has 0 fully saturated rings. The van der Waals surface area contributed by atoms with E-state index in [4.69, 9.17) is 0 Å². The summed E-state index contributed by atoms with van der Waals surface area (Å²) in [6.07, 6.45) is 0. The normalized spacial score (nSPS) is 16.7. The fraction of sp³-hybridized carbons (Fsp3) is 0.500. The highest BCUT2D eigenvalue weighted by atomic mass is 32.2. The third kappa shape index (κ3) is 1.28. The van der Waals surface area contributed by atoms with Crippen LogP contribution in [-0.4, -0.2) is 22.3 Å². The summed E-state index contributed by atoms with van der Waals surface area (Å²) < 4.78 is 0. The van der Waals surface area contributed by atoms with Gasteiger partial charge < -0.3 is 10.3 Å². The van der Waals surface area contributed by atoms with Crippen LogP contribution in [-0.2, 0) is 5.75 Å². The maximum atomic E-state index is 10.8. The van der Waals surface area contributed by atoms with Gasteiger partial charge in [-0.3, -0.25) is 4.98 Å². The Morgan fingerprint density at radius 2 is 2.27 bits per heavy atom. The molecule has 0 aromatic carbocycles. The van der Waals surface area contributed by atoms with E-state index in [2.05, 4.69) is 15.3 Å². The van der Waals surface area contributed by atoms with Gasteiger partial charge in [-0.25, -0.2) is 4.79 Å². The standard InChI is InChI=1S/C6H9N3OS/c10-6-8-4-3-11-2-1-7-5(4)9-6/h7H,1-3H2,(H2,8,9,10). The van der Waals surface area contributed by atoms with E-state index in [1.54, 1.807) is 0 Å². The van der Waals surface area contributed by atoms with Crippen LogP contribution in [0.4, 0.5) is 5.82 Å². The molecule has 4 nitrogen and oxygen atoms in total. The molecule has 0 radical (unpaired) electrons. The smallest absolute Gasteiger partial charge is 0.324 e. The fourth-order valence-electron chi connectivity index (χ4n) is 1.10. The molecular weight excluding hydrogens is 162 g/mol. The molecule has 1 aromatic rings. The van der Waals surface area contributed by atoms with Crippen LogP contribution in [0, 0.1) is 0 Å². The van der Waals surface area contributed by atoms with Crippen molar-refractivity contribution >= 4 is 17.6 Å². The highest BCUT2D eigenvalue weighted by Crippen LogP contribution is 2.18. The van der Waals surface area contributed by atoms with Crippen LogP contribution in [0.5, 0.6) is 0 Å². The van der Waals surface area contributed by atoms with Crippen molar-refractivity contribution in [3.63, 3.8) is 0 Å². The lowest BCUT2D eigenvalue weighted by atomic mass is 10.5. The summed E-state index contributed by atoms with van der Waals surface area (Å²) in [7, 11) is 0. The van der Waals surface area contributed by atoms with Gasteiger partial charge in [-0.2, -0.15) is 11.8 Å². The van der Waals surface area contributed by atoms with Crippen molar-refractivity contribution in [3.05, 3.63) is 16.2 Å². The first-order valence-corrected chi connectivity index (χ1v) is 4.64. The van der Waals surface area contributed by atoms with Crippen molar-refractivity contribution in [2.45, 2.75) is 5.75 Å². The molecule has 0 saturated carbocycles. The molecule has 3 N–H and O–H groups in total. The minimum Gasteiger partial charge on any atom is -0.369 e. The summed E-state index contributed by atoms with van der Waals surface area (Å²) in [4.78, 5) is 16.3. The zero-order chi connectivity index (χ0) is 7.68. The van der Waals surface area contributed by atoms with Crippen LogP contribution in [0.1, 0.15) is 5.69 Å². The molecule has 0 bridgehead atoms. The van der Waals surface area contributed by atoms with E-state index in [1.807, 2.05) is 11.8 Å². The van der Waals surface area contributed by atoms with Crippen LogP contribution in [0.25, 0.3) is 0 Å². The minimum atomic E-state index is -0.120. The summed E-state index contributed by atoms with van der Waals surface area (Å²) in [5.74, 6) is 2.84. The lowest BCUT2D eigenvalue weighted by Gasteiger charge is -1.96. The van der Waals surface area contributed by atoms with E-state index in [9.17, 15) is 4.79 Å². The average Bonchev–Trinajstić information content (AvgIpc) is 2.17. The molecule has 1 aliphatic heterocycles. The second-order valence-corrected chi connectivity index (χ2v) is 3.52. The molecule has 5 heteroatoms. The van der Waals surface area contributed by atoms with Gasteiger partial charge in [0.1, 0.15) is 5.82 Å². The number of imidazole rings is 1. The molecule has 2 heterocycles. The summed E-state index contributed by atoms with van der Waals surface area (Å²) in [6, 6.07) is 0. The van der Waals surface area contributed by atoms with Crippen molar-refractivity contribution in [1.82, 2.24) is 9.97 Å². The van der Waals surface area contributed by atoms with Gasteiger partial charge >= 0.3 is 5.69 Å². The Morgan fingerprint density at radius 3 is 3.18 bits per heavy atom. The number of H-pyrrole nitrogens is 2. The maximum Gasteiger partial charge on any atom is 0.324 e. The van der Waals surface area contributed by atoms with Gasteiger partial charge in [-0.05, 0) is 0 Å². The SMILES string of the molecule is O=c1[nH]c2c([nH]1)NCCSC2. The number of thioether (sulfide) groups is 1. The Morgan fingerprint density at radius 1 is 1.36 bits per heavy atom. The zero-order valence-corrected chi connectivity index (χ0v) is 6.75. The van der Waals surface area contributed by atoms with E-state index < -0.39 is 0 Å². The van der Waals surface area contributed by atoms with Crippen LogP contribution < -0.4 is 11.0 Å². The van der Waals surface area contributed by atoms with Crippen molar-refractivity contribution in [3.8, 4) is 0 Å². The molecule has 1 aromatic heterocycles. The molecule has 0 amide bonds. The van der Waals surface area contributed by atoms with E-state index in [1.165, 1.54) is 0 Å². The first kappa shape index (κ1) is 6.84. The number of hydrogen-bond acceptors (Lipinski definition) is 3. The van der Waals surface area contributed by atoms with Gasteiger partial charge in [0.25, 0.3) is 0 Å². The highest BCUT2D eigenvalue weighted by Gasteiger charge is 2.09. The Bertz CT molecular complexity index is 277. The Kier molecular flexibility index (Phi) is 1.65. The van der Waals surface area contributed by atoms with Crippen LogP contribution in [0.2, 0.25) is 0 Å². The van der Waals surface area contributed by atoms with Crippen molar-refractivity contribution in [2.24, 2.45) is 0 Å². The second kappa shape index (κ2) is 2.65. The van der Waals surface area contributed by atoms with Crippen molar-refractivity contribution in [1.29, 1.82) is 0 Å². The third-order valence-electron chi connectivity index (χ3n) is 1.60. The van der Waals surface area contributed by atoms with E-state index in [0.717, 1.165) is 29.6 Å². The van der Waals surface area contributed by atoms with Crippen LogP contribution in [0.15, 0.2) is 4.79 Å². The van der Waals surface area contributed by atoms with Gasteiger partial charge in [-0.15, -0.1) is 0 Å². The molecule has 0 aliphatic carbocycles. The predicted octanol–water partition coefficient (Wildman–Crippen LogP) is 0.362. The van der Waals surface area contributed by atoms with Crippen LogP contribution >= 0.6 is 11.8 Å². The van der Waals surface area contributed by atoms with Gasteiger partial charge in [-0.1, -0.05) is 0 Å². The lowest BCUT2D eigenvalue weighted by Crippen LogP contribution is -2.05. The molecule has 0 saturated heterocycles. The largest absolute Gasteiger partial charge is 0.369 e. The van der Waals surface area contributed by atoms with Gasteiger partial charge in [0.15, 0.2) is 0 Å². The van der Waals surface area contributed by atoms with Crippen molar-refractivity contribution < 1.29 is 0 Å². The average molecular weight is 171 g/mol. The Hall–Kier alpha value is -0.840. The highest BCUT2D eigenvalue weighted by molar-refractivity contribution is 7.98. The number of aromatic amines is 2. The fourth-order valence-corrected chi connectivity index (χ4v) is 1.91. The first-order chi connectivity index (χ1) is 5.36. The number of aromatic nitrogens is 2. The number of anilines is 1. The number of hydrogen-bond donors (Lipinski definition) is 3. The Labute approximate surface area is 67.8 Å². The monoisotopic (exact) mass is 171 g/mol. The van der Waals surface area contributed by atoms with Gasteiger partial charge in [0.2, 0.25) is 0 Å². The topological polar surface area (TPSA) is 60.7 Å². The first-order valence-electron chi connectivity index (χ1n) is 3.49. The van der Waals surface area contributed by atoms with Gasteiger partial charge in [0, 0.05) is 18.1 Å². The molecule has 1 aliphatic rings. The summed E-state index contributed by atoms with van der Waals surface area (Å²) in [5.41, 5.74) is 0.863. The van der Waals surface area contributed by atoms with Gasteiger partial charge in [0.05, 0.1) is 5.69 Å². The van der Waals surface area contributed by atoms with Crippen molar-refractivity contribution in [2.75, 3.05) is 17.6 Å². The molecular formula is C6H9N3OS. The molecule has 0 unspecified atom stereocenters. The van der Waals surface area contributed by atoms with E-state index >= 15 is 0 Å². The summed E-state index contributed by atoms with van der Waals surface area (Å²) in [5, 5.41) is 3.14. The van der Waals surface area contributed by atoms with E-state index in [-0.39, 0.29) is 5.69 Å². The quantitative estimate of drug-likeness (QED) is 0.528. The molecule has 2 rings (SSSR count). The number of rotatable bonds is 0. The molecule has 0 atom stereocenters. The number of fused-ring (bicyclic) bond motifs is 1. The molecule has 60 valence electrons. The molecule has 11 heavy (non-hydrogen) atoms. The zero-order valence-electron chi connectivity index (χ0n) is 5.94. The third-order valence-corrected chi connectivity index (χ3v) is 2.58. The predicted molar refractivity (Wildman–Crippen MR) is 46.1 cm³/mol. The second-order valence-electron chi connectivity index (χ2n) is 2.41. The molecule has 0 spiro atoms. The van der Waals surface area contributed by atoms with E-state index in [0.29, 0.717) is 0 Å². The minimum absolute atomic E-state index is 0.120. The summed E-state index contributed by atoms with van der Waals surface area (Å²) >= 11 is 1.82. The lowest BCUT2D eigenvalue weighted by molar-refractivity contribution is 1.14.